The Morgan fingerprint density at radius 3 is 1.31 bits per heavy atom. The number of ether oxygens (including phenoxy) is 2. The molecule has 1 unspecified atom stereocenters. The van der Waals surface area contributed by atoms with E-state index in [9.17, 15) is 39.5 Å². The average Bonchev–Trinajstić information content (AvgIpc) is 3.30. The molecule has 65 heavy (non-hydrogen) atoms. The van der Waals surface area contributed by atoms with E-state index in [0.717, 1.165) is 38.5 Å². The topological polar surface area (TPSA) is 210 Å². The van der Waals surface area contributed by atoms with E-state index in [1.807, 2.05) is 0 Å². The molecule has 0 aromatic heterocycles. The SMILES string of the molecule is CCCCC/C=C\CCCCCCCCCC/C=C\CCCCC(=O)O[C@H](COC(=O)CCCCCCCCCCCCCCCCC)COP(=O)(O)O[C@H](CO)[C@@H](O)[C@H](O)[C@H](O)CO. The highest BCUT2D eigenvalue weighted by molar-refractivity contribution is 7.47. The third-order valence-electron chi connectivity index (χ3n) is 11.7. The summed E-state index contributed by atoms with van der Waals surface area (Å²) in [4.78, 5) is 35.7. The van der Waals surface area contributed by atoms with Crippen LogP contribution in [0.2, 0.25) is 0 Å². The number of phosphoric ester groups is 1. The van der Waals surface area contributed by atoms with Crippen molar-refractivity contribution < 1.29 is 63.1 Å². The zero-order valence-corrected chi connectivity index (χ0v) is 41.9. The monoisotopic (exact) mass is 949 g/mol. The minimum atomic E-state index is -5.06. The fourth-order valence-corrected chi connectivity index (χ4v) is 8.45. The number of hydrogen-bond donors (Lipinski definition) is 6. The molecule has 6 atom stereocenters. The van der Waals surface area contributed by atoms with E-state index in [1.54, 1.807) is 0 Å². The lowest BCUT2D eigenvalue weighted by atomic mass is 10.0. The third kappa shape index (κ3) is 41.1. The van der Waals surface area contributed by atoms with Crippen LogP contribution in [-0.2, 0) is 32.7 Å². The van der Waals surface area contributed by atoms with Crippen LogP contribution in [0.5, 0.6) is 0 Å². The van der Waals surface area contributed by atoms with Crippen LogP contribution < -0.4 is 0 Å². The molecule has 0 fully saturated rings. The molecule has 384 valence electrons. The highest BCUT2D eigenvalue weighted by Crippen LogP contribution is 2.45. The van der Waals surface area contributed by atoms with Crippen molar-refractivity contribution in [3.63, 3.8) is 0 Å². The van der Waals surface area contributed by atoms with Crippen LogP contribution in [0.25, 0.3) is 0 Å². The summed E-state index contributed by atoms with van der Waals surface area (Å²) in [5, 5.41) is 48.5. The Labute approximate surface area is 395 Å². The van der Waals surface area contributed by atoms with Crippen LogP contribution in [0.1, 0.15) is 232 Å². The van der Waals surface area contributed by atoms with Gasteiger partial charge in [-0.15, -0.1) is 0 Å². The first-order valence-electron chi connectivity index (χ1n) is 26.1. The number of hydrogen-bond acceptors (Lipinski definition) is 12. The van der Waals surface area contributed by atoms with Gasteiger partial charge < -0.3 is 39.9 Å². The standard InChI is InChI=1S/C51H97O13P/c1-3-5-7-9-11-13-15-17-19-20-21-22-23-24-26-28-30-32-34-36-38-40-49(56)63-45(44-62-65(59,60)64-47(42-53)51(58)50(57)46(54)41-52)43-61-48(55)39-37-35-33-31-29-27-25-18-16-14-12-10-8-6-4-2/h11,13,30,32,45-47,50-54,57-58H,3-10,12,14-29,31,33-44H2,1-2H3,(H,59,60)/b13-11-,32-30-/t45-,46-,47-,50-,51-/m1/s1. The van der Waals surface area contributed by atoms with Crippen LogP contribution in [0, 0.1) is 0 Å². The number of carbonyl (C=O) groups is 2. The average molecular weight is 949 g/mol. The fourth-order valence-electron chi connectivity index (χ4n) is 7.50. The van der Waals surface area contributed by atoms with E-state index in [0.29, 0.717) is 12.8 Å². The van der Waals surface area contributed by atoms with Crippen molar-refractivity contribution >= 4 is 19.8 Å². The van der Waals surface area contributed by atoms with Crippen LogP contribution >= 0.6 is 7.82 Å². The maximum atomic E-state index is 12.8. The number of rotatable bonds is 49. The van der Waals surface area contributed by atoms with E-state index in [4.69, 9.17) is 23.6 Å². The maximum Gasteiger partial charge on any atom is 0.472 e. The molecular formula is C51H97O13P. The summed E-state index contributed by atoms with van der Waals surface area (Å²) in [6.45, 7) is 1.35. The Morgan fingerprint density at radius 1 is 0.492 bits per heavy atom. The van der Waals surface area contributed by atoms with Gasteiger partial charge >= 0.3 is 19.8 Å². The molecule has 0 saturated carbocycles. The summed E-state index contributed by atoms with van der Waals surface area (Å²) in [7, 11) is -5.06. The molecule has 13 nitrogen and oxygen atoms in total. The van der Waals surface area contributed by atoms with Gasteiger partial charge in [0.25, 0.3) is 0 Å². The number of phosphoric acid groups is 1. The molecule has 0 radical (unpaired) electrons. The predicted molar refractivity (Wildman–Crippen MR) is 260 cm³/mol. The summed E-state index contributed by atoms with van der Waals surface area (Å²) in [6, 6.07) is 0. The third-order valence-corrected chi connectivity index (χ3v) is 12.7. The first-order valence-corrected chi connectivity index (χ1v) is 27.6. The molecule has 0 saturated heterocycles. The summed E-state index contributed by atoms with van der Waals surface area (Å²) in [5.74, 6) is -1.10. The molecule has 0 aliphatic heterocycles. The molecule has 6 N–H and O–H groups in total. The van der Waals surface area contributed by atoms with Crippen LogP contribution in [-0.4, -0.2) is 99.3 Å². The summed E-state index contributed by atoms with van der Waals surface area (Å²) < 4.78 is 33.5. The van der Waals surface area contributed by atoms with Crippen LogP contribution in [0.3, 0.4) is 0 Å². The van der Waals surface area contributed by atoms with Crippen molar-refractivity contribution in [2.45, 2.75) is 263 Å². The Balaban J connectivity index is 4.60. The molecule has 0 aromatic carbocycles. The summed E-state index contributed by atoms with van der Waals surface area (Å²) in [6.07, 6.45) is 38.0. The van der Waals surface area contributed by atoms with Gasteiger partial charge in [0, 0.05) is 12.8 Å². The second kappa shape index (κ2) is 46.1. The molecule has 0 rings (SSSR count). The van der Waals surface area contributed by atoms with E-state index in [2.05, 4.69) is 38.2 Å². The molecule has 0 aliphatic carbocycles. The highest BCUT2D eigenvalue weighted by Gasteiger charge is 2.37. The van der Waals surface area contributed by atoms with Gasteiger partial charge in [0.15, 0.2) is 6.10 Å². The first-order chi connectivity index (χ1) is 31.5. The van der Waals surface area contributed by atoms with Gasteiger partial charge in [0.1, 0.15) is 31.0 Å². The van der Waals surface area contributed by atoms with Gasteiger partial charge in [0.2, 0.25) is 0 Å². The van der Waals surface area contributed by atoms with Crippen LogP contribution in [0.4, 0.5) is 0 Å². The van der Waals surface area contributed by atoms with Crippen LogP contribution in [0.15, 0.2) is 24.3 Å². The molecule has 14 heteroatoms. The maximum absolute atomic E-state index is 12.8. The lowest BCUT2D eigenvalue weighted by Gasteiger charge is -2.28. The van der Waals surface area contributed by atoms with Crippen molar-refractivity contribution in [3.8, 4) is 0 Å². The van der Waals surface area contributed by atoms with Crippen molar-refractivity contribution in [2.24, 2.45) is 0 Å². The number of unbranched alkanes of at least 4 members (excludes halogenated alkanes) is 28. The molecule has 0 aromatic rings. The van der Waals surface area contributed by atoms with Gasteiger partial charge in [-0.3, -0.25) is 18.6 Å². The summed E-state index contributed by atoms with van der Waals surface area (Å²) >= 11 is 0. The lowest BCUT2D eigenvalue weighted by molar-refractivity contribution is -0.161. The van der Waals surface area contributed by atoms with Gasteiger partial charge in [-0.1, -0.05) is 179 Å². The van der Waals surface area contributed by atoms with Gasteiger partial charge in [0.05, 0.1) is 19.8 Å². The lowest BCUT2D eigenvalue weighted by Crippen LogP contribution is -2.47. The number of carbonyl (C=O) groups excluding carboxylic acids is 2. The van der Waals surface area contributed by atoms with Gasteiger partial charge in [-0.05, 0) is 64.2 Å². The smallest absolute Gasteiger partial charge is 0.462 e. The largest absolute Gasteiger partial charge is 0.472 e. The zero-order valence-electron chi connectivity index (χ0n) is 41.1. The molecule has 0 heterocycles. The molecule has 0 amide bonds. The molecule has 0 bridgehead atoms. The number of aliphatic hydroxyl groups is 5. The van der Waals surface area contributed by atoms with Crippen molar-refractivity contribution in [1.82, 2.24) is 0 Å². The minimum absolute atomic E-state index is 0.0737. The van der Waals surface area contributed by atoms with Gasteiger partial charge in [-0.2, -0.15) is 0 Å². The first kappa shape index (κ1) is 63.3. The van der Waals surface area contributed by atoms with E-state index in [-0.39, 0.29) is 12.8 Å². The van der Waals surface area contributed by atoms with Crippen molar-refractivity contribution in [2.75, 3.05) is 26.4 Å². The normalized spacial score (nSPS) is 15.3. The van der Waals surface area contributed by atoms with Crippen molar-refractivity contribution in [3.05, 3.63) is 24.3 Å². The quantitative estimate of drug-likeness (QED) is 0.0145. The Kier molecular flexibility index (Phi) is 44.9. The second-order valence-electron chi connectivity index (χ2n) is 17.9. The molecule has 0 spiro atoms. The predicted octanol–water partition coefficient (Wildman–Crippen LogP) is 11.4. The highest BCUT2D eigenvalue weighted by atomic mass is 31.2. The minimum Gasteiger partial charge on any atom is -0.462 e. The number of allylic oxidation sites excluding steroid dienone is 4. The van der Waals surface area contributed by atoms with Gasteiger partial charge in [-0.25, -0.2) is 4.57 Å². The number of esters is 2. The Bertz CT molecular complexity index is 1180. The van der Waals surface area contributed by atoms with Crippen molar-refractivity contribution in [1.29, 1.82) is 0 Å². The van der Waals surface area contributed by atoms with E-state index in [1.165, 1.54) is 154 Å². The molecule has 0 aliphatic rings. The van der Waals surface area contributed by atoms with E-state index < -0.39 is 76.7 Å². The summed E-state index contributed by atoms with van der Waals surface area (Å²) in [5.41, 5.74) is 0. The second-order valence-corrected chi connectivity index (χ2v) is 19.3. The van der Waals surface area contributed by atoms with E-state index >= 15 is 0 Å². The fraction of sp³-hybridized carbons (Fsp3) is 0.882. The Hall–Kier alpha value is -1.67. The zero-order chi connectivity index (χ0) is 48.1. The Morgan fingerprint density at radius 2 is 0.862 bits per heavy atom. The number of aliphatic hydroxyl groups excluding tert-OH is 5. The molecular weight excluding hydrogens is 852 g/mol.